The number of phenols is 1. The van der Waals surface area contributed by atoms with Gasteiger partial charge < -0.3 is 9.52 Å². The summed E-state index contributed by atoms with van der Waals surface area (Å²) in [4.78, 5) is 29.3. The zero-order valence-electron chi connectivity index (χ0n) is 17.0. The molecule has 1 heterocycles. The second kappa shape index (κ2) is 7.91. The molecule has 1 aromatic heterocycles. The molecule has 10 heteroatoms. The number of aliphatic imine (C=N–C) groups is 1. The highest BCUT2D eigenvalue weighted by Gasteiger charge is 2.23. The largest absolute Gasteiger partial charge is 0.502 e. The first-order chi connectivity index (χ1) is 15.2. The van der Waals surface area contributed by atoms with Gasteiger partial charge in [-0.25, -0.2) is 4.98 Å². The van der Waals surface area contributed by atoms with E-state index in [1.807, 2.05) is 38.1 Å². The molecule has 0 aliphatic rings. The summed E-state index contributed by atoms with van der Waals surface area (Å²) >= 11 is 0. The zero-order chi connectivity index (χ0) is 23.0. The van der Waals surface area contributed by atoms with E-state index in [1.165, 1.54) is 0 Å². The van der Waals surface area contributed by atoms with Crippen LogP contribution in [-0.2, 0) is 0 Å². The summed E-state index contributed by atoms with van der Waals surface area (Å²) in [6, 6.07) is 12.7. The number of oxazole rings is 1. The van der Waals surface area contributed by atoms with E-state index in [0.717, 1.165) is 23.4 Å². The van der Waals surface area contributed by atoms with Crippen LogP contribution in [0.4, 0.5) is 17.1 Å². The lowest BCUT2D eigenvalue weighted by atomic mass is 10.1. The van der Waals surface area contributed by atoms with Crippen LogP contribution in [-0.4, -0.2) is 26.2 Å². The molecule has 0 atom stereocenters. The lowest BCUT2D eigenvalue weighted by Gasteiger charge is -2.04. The minimum Gasteiger partial charge on any atom is -0.502 e. The number of rotatable bonds is 5. The number of aromatic hydroxyl groups is 1. The Kier molecular flexibility index (Phi) is 5.11. The number of non-ortho nitro benzene ring substituents is 1. The Labute approximate surface area is 180 Å². The summed E-state index contributed by atoms with van der Waals surface area (Å²) in [5.41, 5.74) is 2.88. The third-order valence-corrected chi connectivity index (χ3v) is 4.85. The first kappa shape index (κ1) is 20.7. The number of benzene rings is 3. The van der Waals surface area contributed by atoms with Gasteiger partial charge >= 0.3 is 5.69 Å². The smallest absolute Gasteiger partial charge is 0.318 e. The molecular formula is C22H16N4O6. The summed E-state index contributed by atoms with van der Waals surface area (Å²) < 4.78 is 5.84. The standard InChI is InChI=1S/C22H16N4O6/c1-12-3-6-17-20(7-12)32-22(24-17)14-5-4-13(2)18(9-14)23-11-15-8-16(25(28)29)10-19(21(15)27)26(30)31/h3-11,27H,1-2H3. The third-order valence-electron chi connectivity index (χ3n) is 4.85. The number of hydrogen-bond donors (Lipinski definition) is 1. The van der Waals surface area contributed by atoms with E-state index in [1.54, 1.807) is 12.1 Å². The number of aromatic nitrogens is 1. The molecule has 3 aromatic carbocycles. The number of phenolic OH excluding ortho intramolecular Hbond substituents is 1. The summed E-state index contributed by atoms with van der Waals surface area (Å²) in [6.45, 7) is 3.76. The van der Waals surface area contributed by atoms with Crippen LogP contribution < -0.4 is 0 Å². The molecule has 0 spiro atoms. The Hall–Kier alpha value is -4.60. The molecule has 32 heavy (non-hydrogen) atoms. The van der Waals surface area contributed by atoms with Gasteiger partial charge in [0.25, 0.3) is 5.69 Å². The van der Waals surface area contributed by atoms with Crippen molar-refractivity contribution in [2.75, 3.05) is 0 Å². The van der Waals surface area contributed by atoms with Crippen molar-refractivity contribution >= 4 is 34.4 Å². The zero-order valence-corrected chi connectivity index (χ0v) is 17.0. The van der Waals surface area contributed by atoms with Gasteiger partial charge in [0.1, 0.15) is 5.52 Å². The molecule has 4 rings (SSSR count). The molecule has 0 amide bonds. The Bertz CT molecular complexity index is 1420. The van der Waals surface area contributed by atoms with Crippen molar-refractivity contribution < 1.29 is 19.4 Å². The van der Waals surface area contributed by atoms with Gasteiger partial charge in [-0.05, 0) is 49.2 Å². The van der Waals surface area contributed by atoms with Crippen LogP contribution in [0.15, 0.2) is 57.9 Å². The fourth-order valence-electron chi connectivity index (χ4n) is 3.14. The Balaban J connectivity index is 1.75. The molecule has 0 unspecified atom stereocenters. The molecule has 4 aromatic rings. The number of nitrogens with zero attached hydrogens (tertiary/aromatic N) is 4. The molecule has 0 saturated heterocycles. The van der Waals surface area contributed by atoms with Gasteiger partial charge in [0.2, 0.25) is 11.6 Å². The van der Waals surface area contributed by atoms with Crippen molar-refractivity contribution in [1.82, 2.24) is 4.98 Å². The molecule has 0 radical (unpaired) electrons. The van der Waals surface area contributed by atoms with Gasteiger partial charge in [-0.15, -0.1) is 0 Å². The van der Waals surface area contributed by atoms with E-state index in [2.05, 4.69) is 9.98 Å². The number of hydrogen-bond acceptors (Lipinski definition) is 8. The second-order valence-electron chi connectivity index (χ2n) is 7.17. The molecule has 0 aliphatic heterocycles. The van der Waals surface area contributed by atoms with Crippen LogP contribution in [0.25, 0.3) is 22.6 Å². The van der Waals surface area contributed by atoms with E-state index in [-0.39, 0.29) is 5.56 Å². The van der Waals surface area contributed by atoms with Gasteiger partial charge in [0.05, 0.1) is 21.6 Å². The van der Waals surface area contributed by atoms with E-state index in [4.69, 9.17) is 4.42 Å². The monoisotopic (exact) mass is 432 g/mol. The maximum Gasteiger partial charge on any atom is 0.318 e. The fourth-order valence-corrected chi connectivity index (χ4v) is 3.14. The maximum absolute atomic E-state index is 11.1. The first-order valence-electron chi connectivity index (χ1n) is 9.41. The number of aryl methyl sites for hydroxylation is 2. The Morgan fingerprint density at radius 3 is 2.53 bits per heavy atom. The van der Waals surface area contributed by atoms with Crippen LogP contribution in [0.3, 0.4) is 0 Å². The molecule has 160 valence electrons. The van der Waals surface area contributed by atoms with Crippen LogP contribution in [0, 0.1) is 34.1 Å². The molecular weight excluding hydrogens is 416 g/mol. The molecule has 0 bridgehead atoms. The highest BCUT2D eigenvalue weighted by molar-refractivity contribution is 5.89. The summed E-state index contributed by atoms with van der Waals surface area (Å²) in [5.74, 6) is -0.302. The number of nitro groups is 2. The third kappa shape index (κ3) is 3.88. The molecule has 1 N–H and O–H groups in total. The Morgan fingerprint density at radius 1 is 1.03 bits per heavy atom. The first-order valence-corrected chi connectivity index (χ1v) is 9.41. The lowest BCUT2D eigenvalue weighted by molar-refractivity contribution is -0.394. The SMILES string of the molecule is Cc1ccc2nc(-c3ccc(C)c(N=Cc4cc([N+](=O)[O-])cc([N+](=O)[O-])c4O)c3)oc2c1. The predicted molar refractivity (Wildman–Crippen MR) is 118 cm³/mol. The van der Waals surface area contributed by atoms with Crippen LogP contribution >= 0.6 is 0 Å². The second-order valence-corrected chi connectivity index (χ2v) is 7.17. The Morgan fingerprint density at radius 2 is 1.81 bits per heavy atom. The predicted octanol–water partition coefficient (Wildman–Crippen LogP) is 5.38. The molecule has 0 saturated carbocycles. The van der Waals surface area contributed by atoms with E-state index < -0.39 is 27.0 Å². The van der Waals surface area contributed by atoms with Crippen molar-refractivity contribution in [2.24, 2.45) is 4.99 Å². The van der Waals surface area contributed by atoms with E-state index >= 15 is 0 Å². The average molecular weight is 432 g/mol. The van der Waals surface area contributed by atoms with E-state index in [0.29, 0.717) is 34.3 Å². The minimum absolute atomic E-state index is 0.145. The van der Waals surface area contributed by atoms with Gasteiger partial charge in [0, 0.05) is 23.4 Å². The molecule has 0 aliphatic carbocycles. The highest BCUT2D eigenvalue weighted by atomic mass is 16.6. The summed E-state index contributed by atoms with van der Waals surface area (Å²) in [6.07, 6.45) is 1.15. The van der Waals surface area contributed by atoms with Gasteiger partial charge in [-0.1, -0.05) is 12.1 Å². The fraction of sp³-hybridized carbons (Fsp3) is 0.0909. The normalized spacial score (nSPS) is 11.3. The van der Waals surface area contributed by atoms with Crippen molar-refractivity contribution in [1.29, 1.82) is 0 Å². The van der Waals surface area contributed by atoms with Crippen molar-refractivity contribution in [3.63, 3.8) is 0 Å². The van der Waals surface area contributed by atoms with Gasteiger partial charge in [-0.3, -0.25) is 25.2 Å². The minimum atomic E-state index is -0.888. The summed E-state index contributed by atoms with van der Waals surface area (Å²) in [7, 11) is 0. The lowest BCUT2D eigenvalue weighted by Crippen LogP contribution is -1.96. The van der Waals surface area contributed by atoms with Crippen molar-refractivity contribution in [3.8, 4) is 17.2 Å². The van der Waals surface area contributed by atoms with Gasteiger partial charge in [0.15, 0.2) is 5.58 Å². The maximum atomic E-state index is 11.1. The average Bonchev–Trinajstić information content (AvgIpc) is 3.16. The number of nitro benzene ring substituents is 2. The number of fused-ring (bicyclic) bond motifs is 1. The summed E-state index contributed by atoms with van der Waals surface area (Å²) in [5, 5.41) is 32.4. The van der Waals surface area contributed by atoms with E-state index in [9.17, 15) is 25.3 Å². The topological polar surface area (TPSA) is 145 Å². The van der Waals surface area contributed by atoms with Gasteiger partial charge in [-0.2, -0.15) is 0 Å². The highest BCUT2D eigenvalue weighted by Crippen LogP contribution is 2.34. The quantitative estimate of drug-likeness (QED) is 0.253. The van der Waals surface area contributed by atoms with Crippen LogP contribution in [0.5, 0.6) is 5.75 Å². The van der Waals surface area contributed by atoms with Crippen molar-refractivity contribution in [3.05, 3.63) is 85.4 Å². The van der Waals surface area contributed by atoms with Crippen LogP contribution in [0.2, 0.25) is 0 Å². The van der Waals surface area contributed by atoms with Crippen LogP contribution in [0.1, 0.15) is 16.7 Å². The van der Waals surface area contributed by atoms with Crippen molar-refractivity contribution in [2.45, 2.75) is 13.8 Å². The molecule has 0 fully saturated rings. The molecule has 10 nitrogen and oxygen atoms in total.